The van der Waals surface area contributed by atoms with Crippen molar-refractivity contribution >= 4 is 11.5 Å². The number of aromatic nitrogens is 5. The average Bonchev–Trinajstić information content (AvgIpc) is 3.35. The second-order valence-corrected chi connectivity index (χ2v) is 5.76. The Bertz CT molecular complexity index is 957. The summed E-state index contributed by atoms with van der Waals surface area (Å²) in [5, 5.41) is 24.1. The number of carbonyl (C=O) groups is 1. The number of nitrogens with zero attached hydrogens (tertiary/aromatic N) is 4. The molecule has 1 aromatic carbocycles. The minimum Gasteiger partial charge on any atom is -0.476 e. The number of aromatic carboxylic acids is 1. The molecule has 1 unspecified atom stereocenters. The summed E-state index contributed by atoms with van der Waals surface area (Å²) < 4.78 is 1.71. The topological polar surface area (TPSA) is 96.7 Å². The summed E-state index contributed by atoms with van der Waals surface area (Å²) in [7, 11) is 0. The summed E-state index contributed by atoms with van der Waals surface area (Å²) in [5.74, 6) is -1.12. The molecule has 4 rings (SSSR count). The molecule has 0 bridgehead atoms. The van der Waals surface area contributed by atoms with Gasteiger partial charge in [0, 0.05) is 18.8 Å². The van der Waals surface area contributed by atoms with Crippen molar-refractivity contribution in [2.45, 2.75) is 12.0 Å². The number of rotatable bonds is 4. The Morgan fingerprint density at radius 1 is 1.20 bits per heavy atom. The number of aromatic amines is 1. The van der Waals surface area contributed by atoms with E-state index in [9.17, 15) is 9.90 Å². The van der Waals surface area contributed by atoms with Gasteiger partial charge in [0.1, 0.15) is 11.2 Å². The van der Waals surface area contributed by atoms with Crippen molar-refractivity contribution in [3.05, 3.63) is 84.0 Å². The lowest BCUT2D eigenvalue weighted by molar-refractivity contribution is 0.0687. The van der Waals surface area contributed by atoms with E-state index in [2.05, 4.69) is 26.6 Å². The predicted molar refractivity (Wildman–Crippen MR) is 90.8 cm³/mol. The number of H-pyrrole nitrogens is 1. The third-order valence-corrected chi connectivity index (χ3v) is 4.35. The van der Waals surface area contributed by atoms with Crippen LogP contribution < -0.4 is 0 Å². The smallest absolute Gasteiger partial charge is 0.358 e. The Balaban J connectivity index is 1.81. The zero-order valence-electron chi connectivity index (χ0n) is 13.2. The van der Waals surface area contributed by atoms with Gasteiger partial charge in [-0.2, -0.15) is 15.4 Å². The molecule has 3 aromatic rings. The second-order valence-electron chi connectivity index (χ2n) is 5.76. The average molecular weight is 333 g/mol. The van der Waals surface area contributed by atoms with Gasteiger partial charge in [-0.3, -0.25) is 4.68 Å². The van der Waals surface area contributed by atoms with Gasteiger partial charge in [0.2, 0.25) is 0 Å². The highest BCUT2D eigenvalue weighted by molar-refractivity contribution is 5.87. The van der Waals surface area contributed by atoms with Crippen LogP contribution in [0.5, 0.6) is 0 Å². The van der Waals surface area contributed by atoms with Crippen molar-refractivity contribution in [2.75, 3.05) is 0 Å². The highest BCUT2D eigenvalue weighted by Gasteiger charge is 2.40. The molecule has 25 heavy (non-hydrogen) atoms. The van der Waals surface area contributed by atoms with E-state index in [1.807, 2.05) is 42.5 Å². The van der Waals surface area contributed by atoms with Crippen molar-refractivity contribution in [1.82, 2.24) is 25.2 Å². The van der Waals surface area contributed by atoms with Crippen LogP contribution in [-0.4, -0.2) is 36.3 Å². The van der Waals surface area contributed by atoms with E-state index >= 15 is 0 Å². The van der Waals surface area contributed by atoms with Crippen LogP contribution in [0.1, 0.15) is 28.2 Å². The van der Waals surface area contributed by atoms with Crippen LogP contribution in [0.25, 0.3) is 5.57 Å². The summed E-state index contributed by atoms with van der Waals surface area (Å²) in [6, 6.07) is 11.8. The molecular formula is C18H15N5O2. The van der Waals surface area contributed by atoms with E-state index in [1.165, 1.54) is 0 Å². The molecule has 0 saturated heterocycles. The van der Waals surface area contributed by atoms with Crippen LogP contribution in [-0.2, 0) is 5.54 Å². The molecular weight excluding hydrogens is 318 g/mol. The lowest BCUT2D eigenvalue weighted by atomic mass is 9.83. The number of hydrogen-bond acceptors (Lipinski definition) is 4. The molecule has 0 aliphatic heterocycles. The first-order chi connectivity index (χ1) is 12.2. The molecule has 124 valence electrons. The number of benzene rings is 1. The molecule has 0 amide bonds. The van der Waals surface area contributed by atoms with Gasteiger partial charge in [-0.25, -0.2) is 4.79 Å². The molecule has 0 saturated carbocycles. The lowest BCUT2D eigenvalue weighted by Gasteiger charge is -2.31. The maximum absolute atomic E-state index is 11.5. The molecule has 0 fully saturated rings. The first kappa shape index (κ1) is 15.1. The van der Waals surface area contributed by atoms with E-state index in [0.717, 1.165) is 11.1 Å². The van der Waals surface area contributed by atoms with Gasteiger partial charge >= 0.3 is 5.97 Å². The Kier molecular flexibility index (Phi) is 3.53. The molecule has 2 N–H and O–H groups in total. The molecule has 1 atom stereocenters. The SMILES string of the molecule is O=C(O)c1n[nH]nc1C1(n2cccn2)C=CC(c2ccccc2)=CC1. The Labute approximate surface area is 143 Å². The lowest BCUT2D eigenvalue weighted by Crippen LogP contribution is -2.36. The predicted octanol–water partition coefficient (Wildman–Crippen LogP) is 2.49. The van der Waals surface area contributed by atoms with Gasteiger partial charge in [0.25, 0.3) is 0 Å². The summed E-state index contributed by atoms with van der Waals surface area (Å²) in [6.45, 7) is 0. The molecule has 1 aliphatic carbocycles. The normalized spacial score (nSPS) is 19.6. The number of hydrogen-bond donors (Lipinski definition) is 2. The highest BCUT2D eigenvalue weighted by atomic mass is 16.4. The zero-order valence-corrected chi connectivity index (χ0v) is 13.2. The fourth-order valence-corrected chi connectivity index (χ4v) is 3.11. The van der Waals surface area contributed by atoms with Crippen LogP contribution >= 0.6 is 0 Å². The first-order valence-corrected chi connectivity index (χ1v) is 7.80. The zero-order chi connectivity index (χ0) is 17.3. The molecule has 0 spiro atoms. The molecule has 0 radical (unpaired) electrons. The van der Waals surface area contributed by atoms with E-state index in [0.29, 0.717) is 12.1 Å². The first-order valence-electron chi connectivity index (χ1n) is 7.80. The molecule has 7 nitrogen and oxygen atoms in total. The van der Waals surface area contributed by atoms with Gasteiger partial charge in [-0.05, 0) is 23.3 Å². The monoisotopic (exact) mass is 333 g/mol. The maximum Gasteiger partial charge on any atom is 0.358 e. The molecule has 1 aliphatic rings. The van der Waals surface area contributed by atoms with Crippen LogP contribution in [0.2, 0.25) is 0 Å². The minimum absolute atomic E-state index is 0.100. The third kappa shape index (κ3) is 2.46. The molecule has 2 aromatic heterocycles. The van der Waals surface area contributed by atoms with Crippen LogP contribution in [0, 0.1) is 0 Å². The third-order valence-electron chi connectivity index (χ3n) is 4.35. The Morgan fingerprint density at radius 3 is 2.68 bits per heavy atom. The quantitative estimate of drug-likeness (QED) is 0.764. The van der Waals surface area contributed by atoms with Crippen molar-refractivity contribution in [1.29, 1.82) is 0 Å². The van der Waals surface area contributed by atoms with Crippen molar-refractivity contribution in [2.24, 2.45) is 0 Å². The number of allylic oxidation sites excluding steroid dienone is 4. The van der Waals surface area contributed by atoms with Crippen LogP contribution in [0.3, 0.4) is 0 Å². The van der Waals surface area contributed by atoms with Gasteiger partial charge in [-0.15, -0.1) is 5.10 Å². The minimum atomic E-state index is -1.12. The van der Waals surface area contributed by atoms with Crippen LogP contribution in [0.4, 0.5) is 0 Å². The summed E-state index contributed by atoms with van der Waals surface area (Å²) >= 11 is 0. The second kappa shape index (κ2) is 5.86. The van der Waals surface area contributed by atoms with Crippen molar-refractivity contribution in [3.63, 3.8) is 0 Å². The van der Waals surface area contributed by atoms with Crippen molar-refractivity contribution in [3.8, 4) is 0 Å². The summed E-state index contributed by atoms with van der Waals surface area (Å²) in [6.07, 6.45) is 9.95. The number of carboxylic acid groups (broad SMARTS) is 1. The molecule has 2 heterocycles. The van der Waals surface area contributed by atoms with E-state index in [4.69, 9.17) is 0 Å². The summed E-state index contributed by atoms with van der Waals surface area (Å²) in [5.41, 5.74) is 1.58. The summed E-state index contributed by atoms with van der Waals surface area (Å²) in [4.78, 5) is 11.5. The van der Waals surface area contributed by atoms with E-state index in [-0.39, 0.29) is 5.69 Å². The highest BCUT2D eigenvalue weighted by Crippen LogP contribution is 2.37. The van der Waals surface area contributed by atoms with Gasteiger partial charge in [-0.1, -0.05) is 42.5 Å². The van der Waals surface area contributed by atoms with Gasteiger partial charge in [0.15, 0.2) is 5.69 Å². The largest absolute Gasteiger partial charge is 0.476 e. The van der Waals surface area contributed by atoms with E-state index < -0.39 is 11.5 Å². The van der Waals surface area contributed by atoms with E-state index in [1.54, 1.807) is 23.1 Å². The molecule has 7 heteroatoms. The van der Waals surface area contributed by atoms with Crippen LogP contribution in [0.15, 0.2) is 67.0 Å². The Morgan fingerprint density at radius 2 is 2.04 bits per heavy atom. The van der Waals surface area contributed by atoms with Gasteiger partial charge in [0.05, 0.1) is 0 Å². The van der Waals surface area contributed by atoms with Gasteiger partial charge < -0.3 is 5.11 Å². The fraction of sp³-hybridized carbons (Fsp3) is 0.111. The number of nitrogens with one attached hydrogen (secondary N) is 1. The standard InChI is InChI=1S/C18H15N5O2/c24-17(25)15-16(21-22-20-15)18(23-12-4-11-19-23)9-7-14(8-10-18)13-5-2-1-3-6-13/h1-9,11-12H,10H2,(H,24,25)(H,20,21,22). The Hall–Kier alpha value is -3.48. The van der Waals surface area contributed by atoms with Crippen molar-refractivity contribution < 1.29 is 9.90 Å². The maximum atomic E-state index is 11.5. The fourth-order valence-electron chi connectivity index (χ4n) is 3.11. The number of carboxylic acids is 1.